The molecule has 0 heterocycles. The summed E-state index contributed by atoms with van der Waals surface area (Å²) in [6, 6.07) is 0. The van der Waals surface area contributed by atoms with Gasteiger partial charge in [-0.25, -0.2) is 0 Å². The minimum atomic E-state index is -0.376. The first kappa shape index (κ1) is 12.5. The molecule has 1 aliphatic rings. The van der Waals surface area contributed by atoms with Crippen LogP contribution in [0.1, 0.15) is 32.6 Å². The lowest BCUT2D eigenvalue weighted by Crippen LogP contribution is -2.38. The van der Waals surface area contributed by atoms with Gasteiger partial charge in [-0.1, -0.05) is 0 Å². The van der Waals surface area contributed by atoms with Gasteiger partial charge in [-0.05, 0) is 38.5 Å². The van der Waals surface area contributed by atoms with Crippen LogP contribution in [0.4, 0.5) is 0 Å². The van der Waals surface area contributed by atoms with Crippen molar-refractivity contribution in [2.24, 2.45) is 5.92 Å². The molecule has 1 rings (SSSR count). The minimum Gasteiger partial charge on any atom is -0.393 e. The molecule has 1 atom stereocenters. The molecule has 0 saturated heterocycles. The lowest BCUT2D eigenvalue weighted by molar-refractivity contribution is -0.130. The Morgan fingerprint density at radius 3 is 2.60 bits per heavy atom. The third-order valence-corrected chi connectivity index (χ3v) is 3.10. The Morgan fingerprint density at radius 2 is 2.07 bits per heavy atom. The van der Waals surface area contributed by atoms with Crippen molar-refractivity contribution in [2.75, 3.05) is 13.7 Å². The number of nitrogens with one attached hydrogen (secondary N) is 1. The van der Waals surface area contributed by atoms with Crippen LogP contribution in [0.2, 0.25) is 0 Å². The highest BCUT2D eigenvalue weighted by Crippen LogP contribution is 2.23. The molecule has 4 heteroatoms. The maximum absolute atomic E-state index is 11.4. The molecule has 0 aromatic rings. The molecule has 1 fully saturated rings. The molecular weight excluding hydrogens is 194 g/mol. The van der Waals surface area contributed by atoms with E-state index < -0.39 is 0 Å². The summed E-state index contributed by atoms with van der Waals surface area (Å²) in [5, 5.41) is 12.2. The van der Waals surface area contributed by atoms with Crippen LogP contribution < -0.4 is 5.32 Å². The van der Waals surface area contributed by atoms with Gasteiger partial charge < -0.3 is 15.2 Å². The number of methoxy groups -OCH3 is 1. The summed E-state index contributed by atoms with van der Waals surface area (Å²) in [4.78, 5) is 11.4. The standard InChI is InChI=1S/C11H21NO3/c1-8(15-2)11(14)12-7-9-3-5-10(13)6-4-9/h8-10,13H,3-7H2,1-2H3,(H,12,14). The second kappa shape index (κ2) is 6.08. The second-order valence-electron chi connectivity index (χ2n) is 4.30. The van der Waals surface area contributed by atoms with Gasteiger partial charge in [0.2, 0.25) is 5.91 Å². The van der Waals surface area contributed by atoms with Crippen LogP contribution in [0.25, 0.3) is 0 Å². The van der Waals surface area contributed by atoms with Crippen LogP contribution in [0.5, 0.6) is 0 Å². The van der Waals surface area contributed by atoms with E-state index in [0.29, 0.717) is 12.5 Å². The van der Waals surface area contributed by atoms with Crippen LogP contribution in [-0.4, -0.2) is 36.9 Å². The zero-order valence-electron chi connectivity index (χ0n) is 9.53. The van der Waals surface area contributed by atoms with E-state index in [1.807, 2.05) is 0 Å². The van der Waals surface area contributed by atoms with Crippen molar-refractivity contribution in [1.82, 2.24) is 5.32 Å². The van der Waals surface area contributed by atoms with Gasteiger partial charge in [0.1, 0.15) is 6.10 Å². The molecule has 15 heavy (non-hydrogen) atoms. The van der Waals surface area contributed by atoms with Crippen molar-refractivity contribution in [1.29, 1.82) is 0 Å². The third kappa shape index (κ3) is 4.18. The number of aliphatic hydroxyl groups excluding tert-OH is 1. The van der Waals surface area contributed by atoms with Crippen molar-refractivity contribution in [3.05, 3.63) is 0 Å². The monoisotopic (exact) mass is 215 g/mol. The molecule has 2 N–H and O–H groups in total. The summed E-state index contributed by atoms with van der Waals surface area (Å²) < 4.78 is 4.92. The van der Waals surface area contributed by atoms with Gasteiger partial charge in [0.15, 0.2) is 0 Å². The highest BCUT2D eigenvalue weighted by atomic mass is 16.5. The molecule has 0 aromatic heterocycles. The molecule has 0 radical (unpaired) electrons. The lowest BCUT2D eigenvalue weighted by atomic mass is 9.87. The SMILES string of the molecule is COC(C)C(=O)NCC1CCC(O)CC1. The summed E-state index contributed by atoms with van der Waals surface area (Å²) in [6.45, 7) is 2.44. The van der Waals surface area contributed by atoms with Crippen molar-refractivity contribution in [2.45, 2.75) is 44.8 Å². The van der Waals surface area contributed by atoms with Gasteiger partial charge in [-0.15, -0.1) is 0 Å². The van der Waals surface area contributed by atoms with E-state index in [0.717, 1.165) is 25.7 Å². The Bertz CT molecular complexity index is 200. The minimum absolute atomic E-state index is 0.0522. The quantitative estimate of drug-likeness (QED) is 0.725. The van der Waals surface area contributed by atoms with Gasteiger partial charge >= 0.3 is 0 Å². The van der Waals surface area contributed by atoms with E-state index in [4.69, 9.17) is 4.74 Å². The van der Waals surface area contributed by atoms with E-state index >= 15 is 0 Å². The summed E-state index contributed by atoms with van der Waals surface area (Å²) in [7, 11) is 1.53. The fourth-order valence-electron chi connectivity index (χ4n) is 1.84. The maximum Gasteiger partial charge on any atom is 0.248 e. The number of aliphatic hydroxyl groups is 1. The van der Waals surface area contributed by atoms with Crippen molar-refractivity contribution in [3.8, 4) is 0 Å². The Labute approximate surface area is 91.0 Å². The lowest BCUT2D eigenvalue weighted by Gasteiger charge is -2.25. The van der Waals surface area contributed by atoms with Gasteiger partial charge in [-0.3, -0.25) is 4.79 Å². The summed E-state index contributed by atoms with van der Waals surface area (Å²) >= 11 is 0. The maximum atomic E-state index is 11.4. The molecule has 0 aromatic carbocycles. The predicted octanol–water partition coefficient (Wildman–Crippen LogP) is 0.689. The molecule has 1 unspecified atom stereocenters. The summed E-state index contributed by atoms with van der Waals surface area (Å²) in [5.41, 5.74) is 0. The molecule has 1 saturated carbocycles. The molecule has 1 amide bonds. The fourth-order valence-corrected chi connectivity index (χ4v) is 1.84. The Hall–Kier alpha value is -0.610. The van der Waals surface area contributed by atoms with Gasteiger partial charge in [0.05, 0.1) is 6.10 Å². The van der Waals surface area contributed by atoms with E-state index in [1.165, 1.54) is 7.11 Å². The number of amides is 1. The first-order chi connectivity index (χ1) is 7.13. The number of hydrogen-bond donors (Lipinski definition) is 2. The van der Waals surface area contributed by atoms with Crippen molar-refractivity contribution < 1.29 is 14.6 Å². The summed E-state index contributed by atoms with van der Waals surface area (Å²) in [6.07, 6.45) is 3.22. The topological polar surface area (TPSA) is 58.6 Å². The highest BCUT2D eigenvalue weighted by molar-refractivity contribution is 5.80. The second-order valence-corrected chi connectivity index (χ2v) is 4.30. The molecule has 4 nitrogen and oxygen atoms in total. The highest BCUT2D eigenvalue weighted by Gasteiger charge is 2.20. The molecule has 88 valence electrons. The number of ether oxygens (including phenoxy) is 1. The molecule has 0 bridgehead atoms. The molecule has 1 aliphatic carbocycles. The first-order valence-corrected chi connectivity index (χ1v) is 5.62. The van der Waals surface area contributed by atoms with Gasteiger partial charge in [0.25, 0.3) is 0 Å². The Kier molecular flexibility index (Phi) is 5.05. The average Bonchev–Trinajstić information content (AvgIpc) is 2.26. The van der Waals surface area contributed by atoms with Gasteiger partial charge in [0, 0.05) is 13.7 Å². The van der Waals surface area contributed by atoms with Crippen LogP contribution in [0.15, 0.2) is 0 Å². The third-order valence-electron chi connectivity index (χ3n) is 3.10. The number of carbonyl (C=O) groups excluding carboxylic acids is 1. The normalized spacial score (nSPS) is 28.5. The number of carbonyl (C=O) groups is 1. The molecule has 0 aliphatic heterocycles. The largest absolute Gasteiger partial charge is 0.393 e. The number of rotatable bonds is 4. The smallest absolute Gasteiger partial charge is 0.248 e. The van der Waals surface area contributed by atoms with Crippen molar-refractivity contribution >= 4 is 5.91 Å². The Morgan fingerprint density at radius 1 is 1.47 bits per heavy atom. The van der Waals surface area contributed by atoms with E-state index in [9.17, 15) is 9.90 Å². The molecule has 0 spiro atoms. The van der Waals surface area contributed by atoms with Crippen LogP contribution in [0.3, 0.4) is 0 Å². The van der Waals surface area contributed by atoms with Crippen LogP contribution >= 0.6 is 0 Å². The zero-order valence-corrected chi connectivity index (χ0v) is 9.53. The average molecular weight is 215 g/mol. The van der Waals surface area contributed by atoms with Gasteiger partial charge in [-0.2, -0.15) is 0 Å². The predicted molar refractivity (Wildman–Crippen MR) is 57.4 cm³/mol. The van der Waals surface area contributed by atoms with Crippen LogP contribution in [0, 0.1) is 5.92 Å². The Balaban J connectivity index is 2.17. The van der Waals surface area contributed by atoms with E-state index in [2.05, 4.69) is 5.32 Å². The van der Waals surface area contributed by atoms with Crippen molar-refractivity contribution in [3.63, 3.8) is 0 Å². The summed E-state index contributed by atoms with van der Waals surface area (Å²) in [5.74, 6) is 0.463. The number of hydrogen-bond acceptors (Lipinski definition) is 3. The zero-order chi connectivity index (χ0) is 11.3. The van der Waals surface area contributed by atoms with E-state index in [-0.39, 0.29) is 18.1 Å². The fraction of sp³-hybridized carbons (Fsp3) is 0.909. The first-order valence-electron chi connectivity index (χ1n) is 5.62. The molecular formula is C11H21NO3. The van der Waals surface area contributed by atoms with E-state index in [1.54, 1.807) is 6.92 Å². The van der Waals surface area contributed by atoms with Crippen LogP contribution in [-0.2, 0) is 9.53 Å².